The Morgan fingerprint density at radius 3 is 2.31 bits per heavy atom. The van der Waals surface area contributed by atoms with Crippen LogP contribution in [0.25, 0.3) is 0 Å². The van der Waals surface area contributed by atoms with Crippen LogP contribution in [0.15, 0.2) is 41.0 Å². The van der Waals surface area contributed by atoms with Crippen molar-refractivity contribution >= 4 is 23.4 Å². The summed E-state index contributed by atoms with van der Waals surface area (Å²) in [6.45, 7) is 4.77. The molecular formula is C25H31N3O4. The van der Waals surface area contributed by atoms with Gasteiger partial charge in [-0.05, 0) is 62.4 Å². The number of likely N-dealkylation sites (tertiary alicyclic amines) is 2. The average Bonchev–Trinajstić information content (AvgIpc) is 3.22. The Hall–Kier alpha value is -3.09. The lowest BCUT2D eigenvalue weighted by molar-refractivity contribution is -0.136. The third kappa shape index (κ3) is 5.03. The first kappa shape index (κ1) is 22.1. The molecule has 0 atom stereocenters. The predicted octanol–water partition coefficient (Wildman–Crippen LogP) is 4.10. The molecule has 2 saturated heterocycles. The van der Waals surface area contributed by atoms with E-state index in [-0.39, 0.29) is 29.4 Å². The monoisotopic (exact) mass is 437 g/mol. The lowest BCUT2D eigenvalue weighted by Gasteiger charge is -2.34. The normalized spacial score (nSPS) is 17.7. The number of piperidine rings is 1. The molecule has 0 aliphatic carbocycles. The molecule has 2 fully saturated rings. The number of aryl methyl sites for hydroxylation is 1. The molecule has 170 valence electrons. The summed E-state index contributed by atoms with van der Waals surface area (Å²) in [6, 6.07) is 8.59. The molecule has 7 heteroatoms. The van der Waals surface area contributed by atoms with Crippen LogP contribution in [-0.2, 0) is 4.79 Å². The molecule has 2 aliphatic rings. The molecule has 3 heterocycles. The number of hydrogen-bond acceptors (Lipinski definition) is 4. The summed E-state index contributed by atoms with van der Waals surface area (Å²) in [5, 5.41) is 2.82. The van der Waals surface area contributed by atoms with E-state index in [9.17, 15) is 14.4 Å². The number of carbonyl (C=O) groups excluding carboxylic acids is 3. The van der Waals surface area contributed by atoms with Crippen molar-refractivity contribution in [3.8, 4) is 0 Å². The fourth-order valence-electron chi connectivity index (χ4n) is 4.54. The molecule has 32 heavy (non-hydrogen) atoms. The van der Waals surface area contributed by atoms with Crippen molar-refractivity contribution in [2.75, 3.05) is 31.5 Å². The Balaban J connectivity index is 1.36. The van der Waals surface area contributed by atoms with Crippen molar-refractivity contribution < 1.29 is 18.8 Å². The maximum absolute atomic E-state index is 13.1. The quantitative estimate of drug-likeness (QED) is 0.781. The molecule has 1 aromatic heterocycles. The fourth-order valence-corrected chi connectivity index (χ4v) is 4.54. The molecule has 2 aliphatic heterocycles. The SMILES string of the molecule is Cc1ccc(C(=O)N2CCC(C(=O)N3CCCCCC3)CC2)cc1NC(=O)c1ccco1. The molecule has 0 spiro atoms. The van der Waals surface area contributed by atoms with Crippen LogP contribution in [-0.4, -0.2) is 53.7 Å². The van der Waals surface area contributed by atoms with Gasteiger partial charge in [0, 0.05) is 43.3 Å². The van der Waals surface area contributed by atoms with Gasteiger partial charge in [-0.15, -0.1) is 0 Å². The van der Waals surface area contributed by atoms with Crippen LogP contribution >= 0.6 is 0 Å². The standard InChI is InChI=1S/C25H31N3O4/c1-18-8-9-20(17-21(18)26-23(29)22-7-6-16-32-22)25(31)28-14-10-19(11-15-28)24(30)27-12-4-2-3-5-13-27/h6-9,16-17,19H,2-5,10-15H2,1H3,(H,26,29). The lowest BCUT2D eigenvalue weighted by atomic mass is 9.94. The minimum Gasteiger partial charge on any atom is -0.459 e. The molecule has 0 radical (unpaired) electrons. The highest BCUT2D eigenvalue weighted by molar-refractivity contribution is 6.04. The summed E-state index contributed by atoms with van der Waals surface area (Å²) in [4.78, 5) is 42.2. The maximum Gasteiger partial charge on any atom is 0.291 e. The topological polar surface area (TPSA) is 82.9 Å². The number of amides is 3. The van der Waals surface area contributed by atoms with Gasteiger partial charge in [-0.2, -0.15) is 0 Å². The van der Waals surface area contributed by atoms with Gasteiger partial charge in [-0.25, -0.2) is 0 Å². The van der Waals surface area contributed by atoms with Crippen LogP contribution in [0.3, 0.4) is 0 Å². The molecule has 0 bridgehead atoms. The Labute approximate surface area is 188 Å². The van der Waals surface area contributed by atoms with Gasteiger partial charge < -0.3 is 19.5 Å². The lowest BCUT2D eigenvalue weighted by Crippen LogP contribution is -2.44. The number of nitrogens with zero attached hydrogens (tertiary/aromatic N) is 2. The molecule has 0 unspecified atom stereocenters. The minimum atomic E-state index is -0.351. The second kappa shape index (κ2) is 10.0. The molecule has 2 aromatic rings. The van der Waals surface area contributed by atoms with Gasteiger partial charge in [0.2, 0.25) is 5.91 Å². The number of carbonyl (C=O) groups is 3. The first-order valence-corrected chi connectivity index (χ1v) is 11.6. The van der Waals surface area contributed by atoms with Crippen molar-refractivity contribution in [3.63, 3.8) is 0 Å². The van der Waals surface area contributed by atoms with Gasteiger partial charge in [0.1, 0.15) is 0 Å². The highest BCUT2D eigenvalue weighted by atomic mass is 16.3. The van der Waals surface area contributed by atoms with Crippen molar-refractivity contribution in [1.29, 1.82) is 0 Å². The van der Waals surface area contributed by atoms with Gasteiger partial charge >= 0.3 is 0 Å². The summed E-state index contributed by atoms with van der Waals surface area (Å²) in [5.74, 6) is 0.0718. The first-order valence-electron chi connectivity index (χ1n) is 11.6. The number of hydrogen-bond donors (Lipinski definition) is 1. The predicted molar refractivity (Wildman–Crippen MR) is 122 cm³/mol. The van der Waals surface area contributed by atoms with Gasteiger partial charge in [0.15, 0.2) is 5.76 Å². The van der Waals surface area contributed by atoms with Crippen LogP contribution < -0.4 is 5.32 Å². The molecule has 7 nitrogen and oxygen atoms in total. The number of benzene rings is 1. The van der Waals surface area contributed by atoms with E-state index in [1.54, 1.807) is 24.3 Å². The maximum atomic E-state index is 13.1. The van der Waals surface area contributed by atoms with Crippen molar-refractivity contribution in [1.82, 2.24) is 9.80 Å². The van der Waals surface area contributed by atoms with Crippen LogP contribution in [0.2, 0.25) is 0 Å². The average molecular weight is 438 g/mol. The van der Waals surface area contributed by atoms with Gasteiger partial charge in [-0.1, -0.05) is 18.9 Å². The highest BCUT2D eigenvalue weighted by Crippen LogP contribution is 2.25. The van der Waals surface area contributed by atoms with Crippen LogP contribution in [0, 0.1) is 12.8 Å². The number of anilines is 1. The Bertz CT molecular complexity index is 954. The first-order chi connectivity index (χ1) is 15.5. The van der Waals surface area contributed by atoms with Gasteiger partial charge in [0.25, 0.3) is 11.8 Å². The Morgan fingerprint density at radius 2 is 1.66 bits per heavy atom. The van der Waals surface area contributed by atoms with Crippen molar-refractivity contribution in [3.05, 3.63) is 53.5 Å². The largest absolute Gasteiger partial charge is 0.459 e. The van der Waals surface area contributed by atoms with Crippen molar-refractivity contribution in [2.45, 2.75) is 45.4 Å². The summed E-state index contributed by atoms with van der Waals surface area (Å²) < 4.78 is 5.14. The van der Waals surface area contributed by atoms with E-state index in [1.165, 1.54) is 19.1 Å². The number of furan rings is 1. The van der Waals surface area contributed by atoms with Crippen molar-refractivity contribution in [2.24, 2.45) is 5.92 Å². The molecule has 1 N–H and O–H groups in total. The fraction of sp³-hybridized carbons (Fsp3) is 0.480. The van der Waals surface area contributed by atoms with E-state index in [1.807, 2.05) is 22.8 Å². The van der Waals surface area contributed by atoms with Gasteiger partial charge in [-0.3, -0.25) is 14.4 Å². The third-order valence-electron chi connectivity index (χ3n) is 6.53. The summed E-state index contributed by atoms with van der Waals surface area (Å²) in [6.07, 6.45) is 7.45. The van der Waals surface area contributed by atoms with E-state index >= 15 is 0 Å². The summed E-state index contributed by atoms with van der Waals surface area (Å²) in [7, 11) is 0. The zero-order chi connectivity index (χ0) is 22.5. The Morgan fingerprint density at radius 1 is 0.938 bits per heavy atom. The molecule has 0 saturated carbocycles. The second-order valence-corrected chi connectivity index (χ2v) is 8.77. The molecule has 1 aromatic carbocycles. The smallest absolute Gasteiger partial charge is 0.291 e. The second-order valence-electron chi connectivity index (χ2n) is 8.77. The molecular weight excluding hydrogens is 406 g/mol. The van der Waals surface area contributed by atoms with E-state index in [0.29, 0.717) is 37.2 Å². The number of rotatable bonds is 4. The minimum absolute atomic E-state index is 0.0123. The summed E-state index contributed by atoms with van der Waals surface area (Å²) >= 11 is 0. The zero-order valence-corrected chi connectivity index (χ0v) is 18.6. The van der Waals surface area contributed by atoms with Crippen LogP contribution in [0.4, 0.5) is 5.69 Å². The van der Waals surface area contributed by atoms with Crippen LogP contribution in [0.5, 0.6) is 0 Å². The highest BCUT2D eigenvalue weighted by Gasteiger charge is 2.31. The number of nitrogens with one attached hydrogen (secondary N) is 1. The van der Waals surface area contributed by atoms with E-state index in [2.05, 4.69) is 5.32 Å². The van der Waals surface area contributed by atoms with E-state index in [4.69, 9.17) is 4.42 Å². The Kier molecular flexibility index (Phi) is 6.93. The van der Waals surface area contributed by atoms with E-state index in [0.717, 1.165) is 31.5 Å². The summed E-state index contributed by atoms with van der Waals surface area (Å²) in [5.41, 5.74) is 1.98. The van der Waals surface area contributed by atoms with Gasteiger partial charge in [0.05, 0.1) is 6.26 Å². The third-order valence-corrected chi connectivity index (χ3v) is 6.53. The zero-order valence-electron chi connectivity index (χ0n) is 18.6. The molecule has 4 rings (SSSR count). The van der Waals surface area contributed by atoms with Crippen LogP contribution in [0.1, 0.15) is 65.0 Å². The van der Waals surface area contributed by atoms with E-state index < -0.39 is 0 Å². The molecule has 3 amide bonds.